The zero-order chi connectivity index (χ0) is 8.66. The minimum absolute atomic E-state index is 0.636. The van der Waals surface area contributed by atoms with Crippen LogP contribution in [0.3, 0.4) is 0 Å². The van der Waals surface area contributed by atoms with Gasteiger partial charge in [-0.25, -0.2) is 0 Å². The lowest BCUT2D eigenvalue weighted by Crippen LogP contribution is -2.35. The van der Waals surface area contributed by atoms with Crippen molar-refractivity contribution in [1.29, 1.82) is 0 Å². The highest BCUT2D eigenvalue weighted by atomic mass is 14.9. The van der Waals surface area contributed by atoms with E-state index in [1.807, 2.05) is 0 Å². The summed E-state index contributed by atoms with van der Waals surface area (Å²) in [6.45, 7) is 7.39. The summed E-state index contributed by atoms with van der Waals surface area (Å²) in [4.78, 5) is 0. The summed E-state index contributed by atoms with van der Waals surface area (Å²) < 4.78 is 0. The second-order valence-corrected chi connectivity index (χ2v) is 5.59. The van der Waals surface area contributed by atoms with E-state index in [9.17, 15) is 0 Å². The molecule has 2 fully saturated rings. The minimum atomic E-state index is 0.636. The summed E-state index contributed by atoms with van der Waals surface area (Å²) in [7, 11) is 0. The van der Waals surface area contributed by atoms with E-state index in [1.165, 1.54) is 45.2 Å². The maximum Gasteiger partial charge on any atom is -0.00436 e. The molecule has 1 heteroatoms. The molecule has 0 unspecified atom stereocenters. The average Bonchev–Trinajstić information content (AvgIpc) is 2.29. The van der Waals surface area contributed by atoms with Crippen molar-refractivity contribution in [2.24, 2.45) is 10.8 Å². The van der Waals surface area contributed by atoms with E-state index in [-0.39, 0.29) is 0 Å². The van der Waals surface area contributed by atoms with Crippen molar-refractivity contribution >= 4 is 0 Å². The van der Waals surface area contributed by atoms with E-state index in [1.54, 1.807) is 0 Å². The molecule has 1 aliphatic carbocycles. The van der Waals surface area contributed by atoms with Gasteiger partial charge in [0.1, 0.15) is 0 Å². The first kappa shape index (κ1) is 8.55. The van der Waals surface area contributed by atoms with Crippen LogP contribution in [-0.2, 0) is 0 Å². The summed E-state index contributed by atoms with van der Waals surface area (Å²) in [6, 6.07) is 0. The monoisotopic (exact) mass is 167 g/mol. The zero-order valence-electron chi connectivity index (χ0n) is 8.45. The highest BCUT2D eigenvalue weighted by molar-refractivity contribution is 4.95. The normalized spacial score (nSPS) is 32.5. The largest absolute Gasteiger partial charge is 0.317 e. The first-order chi connectivity index (χ1) is 5.62. The van der Waals surface area contributed by atoms with Gasteiger partial charge in [0.25, 0.3) is 0 Å². The smallest absolute Gasteiger partial charge is 0.00436 e. The van der Waals surface area contributed by atoms with Crippen LogP contribution in [0.2, 0.25) is 0 Å². The Kier molecular flexibility index (Phi) is 1.95. The molecule has 0 aromatic rings. The van der Waals surface area contributed by atoms with Gasteiger partial charge in [-0.15, -0.1) is 0 Å². The van der Waals surface area contributed by atoms with Crippen molar-refractivity contribution in [3.63, 3.8) is 0 Å². The molecule has 0 amide bonds. The minimum Gasteiger partial charge on any atom is -0.317 e. The fourth-order valence-electron chi connectivity index (χ4n) is 3.18. The number of nitrogens with one attached hydrogen (secondary N) is 1. The predicted octanol–water partition coefficient (Wildman–Crippen LogP) is 2.57. The van der Waals surface area contributed by atoms with Gasteiger partial charge in [0.15, 0.2) is 0 Å². The SMILES string of the molecule is CC1(C)CCC2(CCNCC2)C1. The molecule has 0 radical (unpaired) electrons. The highest BCUT2D eigenvalue weighted by Gasteiger charge is 2.43. The van der Waals surface area contributed by atoms with Crippen LogP contribution >= 0.6 is 0 Å². The molecule has 0 aromatic carbocycles. The van der Waals surface area contributed by atoms with E-state index in [0.717, 1.165) is 5.41 Å². The van der Waals surface area contributed by atoms with Gasteiger partial charge in [0, 0.05) is 0 Å². The van der Waals surface area contributed by atoms with Gasteiger partial charge < -0.3 is 5.32 Å². The van der Waals surface area contributed by atoms with Gasteiger partial charge in [-0.05, 0) is 56.0 Å². The first-order valence-corrected chi connectivity index (χ1v) is 5.33. The van der Waals surface area contributed by atoms with Crippen LogP contribution in [0.5, 0.6) is 0 Å². The lowest BCUT2D eigenvalue weighted by Gasteiger charge is -2.35. The number of hydrogen-bond donors (Lipinski definition) is 1. The van der Waals surface area contributed by atoms with E-state index in [2.05, 4.69) is 19.2 Å². The zero-order valence-corrected chi connectivity index (χ0v) is 8.45. The average molecular weight is 167 g/mol. The Bertz CT molecular complexity index is 166. The Morgan fingerprint density at radius 2 is 1.58 bits per heavy atom. The predicted molar refractivity (Wildman–Crippen MR) is 52.2 cm³/mol. The van der Waals surface area contributed by atoms with Crippen molar-refractivity contribution in [3.8, 4) is 0 Å². The third kappa shape index (κ3) is 1.52. The fourth-order valence-corrected chi connectivity index (χ4v) is 3.18. The number of rotatable bonds is 0. The van der Waals surface area contributed by atoms with Crippen molar-refractivity contribution in [2.75, 3.05) is 13.1 Å². The van der Waals surface area contributed by atoms with Gasteiger partial charge >= 0.3 is 0 Å². The lowest BCUT2D eigenvalue weighted by atomic mass is 9.75. The Labute approximate surface area is 75.9 Å². The number of hydrogen-bond acceptors (Lipinski definition) is 1. The van der Waals surface area contributed by atoms with E-state index < -0.39 is 0 Å². The molecule has 0 bridgehead atoms. The Hall–Kier alpha value is -0.0400. The molecule has 1 aliphatic heterocycles. The van der Waals surface area contributed by atoms with Crippen LogP contribution in [0.15, 0.2) is 0 Å². The standard InChI is InChI=1S/C11H21N/c1-10(2)3-4-11(9-10)5-7-12-8-6-11/h12H,3-9H2,1-2H3. The molecular weight excluding hydrogens is 146 g/mol. The molecule has 0 aromatic heterocycles. The second-order valence-electron chi connectivity index (χ2n) is 5.59. The fraction of sp³-hybridized carbons (Fsp3) is 1.00. The van der Waals surface area contributed by atoms with Crippen LogP contribution in [0, 0.1) is 10.8 Å². The Balaban J connectivity index is 2.03. The molecule has 2 aliphatic rings. The Morgan fingerprint density at radius 3 is 2.08 bits per heavy atom. The van der Waals surface area contributed by atoms with Crippen LogP contribution in [-0.4, -0.2) is 13.1 Å². The van der Waals surface area contributed by atoms with Crippen LogP contribution in [0.4, 0.5) is 0 Å². The topological polar surface area (TPSA) is 12.0 Å². The van der Waals surface area contributed by atoms with Gasteiger partial charge in [0.05, 0.1) is 0 Å². The lowest BCUT2D eigenvalue weighted by molar-refractivity contribution is 0.186. The molecule has 1 saturated heterocycles. The van der Waals surface area contributed by atoms with Gasteiger partial charge in [-0.1, -0.05) is 13.8 Å². The molecule has 1 saturated carbocycles. The van der Waals surface area contributed by atoms with Gasteiger partial charge in [-0.3, -0.25) is 0 Å². The van der Waals surface area contributed by atoms with E-state index in [0.29, 0.717) is 5.41 Å². The summed E-state index contributed by atoms with van der Waals surface area (Å²) in [6.07, 6.45) is 7.27. The molecule has 12 heavy (non-hydrogen) atoms. The van der Waals surface area contributed by atoms with Crippen LogP contribution in [0.1, 0.15) is 46.0 Å². The summed E-state index contributed by atoms with van der Waals surface area (Å²) in [5.41, 5.74) is 1.38. The maximum absolute atomic E-state index is 3.46. The van der Waals surface area contributed by atoms with E-state index in [4.69, 9.17) is 0 Å². The van der Waals surface area contributed by atoms with Crippen LogP contribution < -0.4 is 5.32 Å². The van der Waals surface area contributed by atoms with E-state index >= 15 is 0 Å². The summed E-state index contributed by atoms with van der Waals surface area (Å²) in [5.74, 6) is 0. The molecule has 2 rings (SSSR count). The molecule has 0 atom stereocenters. The molecular formula is C11H21N. The first-order valence-electron chi connectivity index (χ1n) is 5.33. The quantitative estimate of drug-likeness (QED) is 0.584. The van der Waals surface area contributed by atoms with Gasteiger partial charge in [-0.2, -0.15) is 0 Å². The van der Waals surface area contributed by atoms with Crippen LogP contribution in [0.25, 0.3) is 0 Å². The van der Waals surface area contributed by atoms with Crippen molar-refractivity contribution < 1.29 is 0 Å². The molecule has 1 spiro atoms. The van der Waals surface area contributed by atoms with Crippen molar-refractivity contribution in [3.05, 3.63) is 0 Å². The summed E-state index contributed by atoms with van der Waals surface area (Å²) >= 11 is 0. The highest BCUT2D eigenvalue weighted by Crippen LogP contribution is 2.53. The molecule has 1 N–H and O–H groups in total. The molecule has 1 nitrogen and oxygen atoms in total. The third-order valence-corrected chi connectivity index (χ3v) is 3.85. The second kappa shape index (κ2) is 2.73. The summed E-state index contributed by atoms with van der Waals surface area (Å²) in [5, 5.41) is 3.46. The Morgan fingerprint density at radius 1 is 0.917 bits per heavy atom. The number of piperidine rings is 1. The molecule has 70 valence electrons. The van der Waals surface area contributed by atoms with Gasteiger partial charge in [0.2, 0.25) is 0 Å². The molecule has 1 heterocycles. The maximum atomic E-state index is 3.46. The third-order valence-electron chi connectivity index (χ3n) is 3.85. The van der Waals surface area contributed by atoms with Crippen molar-refractivity contribution in [2.45, 2.75) is 46.0 Å². The van der Waals surface area contributed by atoms with Crippen molar-refractivity contribution in [1.82, 2.24) is 5.32 Å².